The third kappa shape index (κ3) is 6.54. The normalized spacial score (nSPS) is 12.1. The SMILES string of the molecule is CCCOc1ccc(CC(CC(=O)O)NCCO)cc1. The third-order valence-corrected chi connectivity index (χ3v) is 2.84. The Labute approximate surface area is 119 Å². The molecular formula is C15H23NO4. The maximum Gasteiger partial charge on any atom is 0.304 e. The number of ether oxygens (including phenoxy) is 1. The van der Waals surface area contributed by atoms with Crippen LogP contribution in [0.25, 0.3) is 0 Å². The predicted octanol–water partition coefficient (Wildman–Crippen LogP) is 1.44. The van der Waals surface area contributed by atoms with Crippen molar-refractivity contribution in [2.24, 2.45) is 0 Å². The van der Waals surface area contributed by atoms with Crippen molar-refractivity contribution in [2.45, 2.75) is 32.2 Å². The third-order valence-electron chi connectivity index (χ3n) is 2.84. The molecule has 1 aromatic carbocycles. The summed E-state index contributed by atoms with van der Waals surface area (Å²) in [6.07, 6.45) is 1.61. The smallest absolute Gasteiger partial charge is 0.304 e. The molecule has 5 heteroatoms. The van der Waals surface area contributed by atoms with Crippen LogP contribution in [0.1, 0.15) is 25.3 Å². The Bertz CT molecular complexity index is 391. The highest BCUT2D eigenvalue weighted by molar-refractivity contribution is 5.67. The maximum absolute atomic E-state index is 10.8. The largest absolute Gasteiger partial charge is 0.494 e. The standard InChI is InChI=1S/C15H23NO4/c1-2-9-20-14-5-3-12(4-6-14)10-13(11-15(18)19)16-7-8-17/h3-6,13,16-17H,2,7-11H2,1H3,(H,18,19). The summed E-state index contributed by atoms with van der Waals surface area (Å²) in [5.74, 6) is -0.0166. The van der Waals surface area contributed by atoms with Crippen molar-refractivity contribution in [3.63, 3.8) is 0 Å². The monoisotopic (exact) mass is 281 g/mol. The number of benzene rings is 1. The molecule has 0 fully saturated rings. The zero-order chi connectivity index (χ0) is 14.8. The van der Waals surface area contributed by atoms with Crippen LogP contribution in [0.15, 0.2) is 24.3 Å². The molecule has 0 bridgehead atoms. The zero-order valence-electron chi connectivity index (χ0n) is 11.8. The summed E-state index contributed by atoms with van der Waals surface area (Å²) in [7, 11) is 0. The van der Waals surface area contributed by atoms with Gasteiger partial charge in [-0.2, -0.15) is 0 Å². The van der Waals surface area contributed by atoms with Crippen LogP contribution in [-0.2, 0) is 11.2 Å². The average Bonchev–Trinajstić information content (AvgIpc) is 2.43. The lowest BCUT2D eigenvalue weighted by atomic mass is 10.0. The van der Waals surface area contributed by atoms with Crippen LogP contribution in [0, 0.1) is 0 Å². The number of nitrogens with one attached hydrogen (secondary N) is 1. The Morgan fingerprint density at radius 1 is 1.35 bits per heavy atom. The van der Waals surface area contributed by atoms with Gasteiger partial charge in [0.05, 0.1) is 19.6 Å². The summed E-state index contributed by atoms with van der Waals surface area (Å²) < 4.78 is 5.50. The Hall–Kier alpha value is -1.59. The van der Waals surface area contributed by atoms with Gasteiger partial charge >= 0.3 is 5.97 Å². The second-order valence-electron chi connectivity index (χ2n) is 4.67. The number of aliphatic carboxylic acids is 1. The molecule has 5 nitrogen and oxygen atoms in total. The van der Waals surface area contributed by atoms with E-state index in [9.17, 15) is 4.79 Å². The van der Waals surface area contributed by atoms with E-state index >= 15 is 0 Å². The highest BCUT2D eigenvalue weighted by Crippen LogP contribution is 2.14. The van der Waals surface area contributed by atoms with Crippen molar-refractivity contribution in [2.75, 3.05) is 19.8 Å². The lowest BCUT2D eigenvalue weighted by Gasteiger charge is -2.16. The first kappa shape index (κ1) is 16.5. The molecular weight excluding hydrogens is 258 g/mol. The molecule has 0 aliphatic rings. The lowest BCUT2D eigenvalue weighted by Crippen LogP contribution is -2.35. The van der Waals surface area contributed by atoms with Gasteiger partial charge in [0.25, 0.3) is 0 Å². The van der Waals surface area contributed by atoms with Crippen LogP contribution < -0.4 is 10.1 Å². The van der Waals surface area contributed by atoms with Gasteiger partial charge in [-0.1, -0.05) is 19.1 Å². The van der Waals surface area contributed by atoms with Gasteiger partial charge in [-0.3, -0.25) is 4.79 Å². The molecule has 1 aromatic rings. The van der Waals surface area contributed by atoms with E-state index in [0.29, 0.717) is 19.6 Å². The second kappa shape index (κ2) is 9.34. The van der Waals surface area contributed by atoms with Crippen LogP contribution in [-0.4, -0.2) is 42.0 Å². The number of rotatable bonds is 10. The van der Waals surface area contributed by atoms with Crippen LogP contribution in [0.5, 0.6) is 5.75 Å². The van der Waals surface area contributed by atoms with E-state index < -0.39 is 5.97 Å². The fourth-order valence-corrected chi connectivity index (χ4v) is 1.92. The molecule has 1 unspecified atom stereocenters. The summed E-state index contributed by atoms with van der Waals surface area (Å²) >= 11 is 0. The number of aliphatic hydroxyl groups is 1. The molecule has 112 valence electrons. The first-order valence-corrected chi connectivity index (χ1v) is 6.93. The van der Waals surface area contributed by atoms with Crippen LogP contribution in [0.4, 0.5) is 0 Å². The Balaban J connectivity index is 2.55. The van der Waals surface area contributed by atoms with Gasteiger partial charge in [0.1, 0.15) is 5.75 Å². The molecule has 0 saturated carbocycles. The first-order valence-electron chi connectivity index (χ1n) is 6.93. The molecule has 0 saturated heterocycles. The molecule has 0 radical (unpaired) electrons. The summed E-state index contributed by atoms with van der Waals surface area (Å²) in [5.41, 5.74) is 1.05. The van der Waals surface area contributed by atoms with Crippen LogP contribution in [0.3, 0.4) is 0 Å². The molecule has 1 rings (SSSR count). The number of carboxylic acid groups (broad SMARTS) is 1. The Morgan fingerprint density at radius 3 is 2.60 bits per heavy atom. The topological polar surface area (TPSA) is 78.8 Å². The Morgan fingerprint density at radius 2 is 2.05 bits per heavy atom. The van der Waals surface area contributed by atoms with E-state index in [1.54, 1.807) is 0 Å². The molecule has 0 aliphatic carbocycles. The number of carbonyl (C=O) groups is 1. The van der Waals surface area contributed by atoms with E-state index in [1.165, 1.54) is 0 Å². The summed E-state index contributed by atoms with van der Waals surface area (Å²) in [4.78, 5) is 10.8. The van der Waals surface area contributed by atoms with E-state index in [0.717, 1.165) is 17.7 Å². The quantitative estimate of drug-likeness (QED) is 0.605. The van der Waals surface area contributed by atoms with E-state index in [-0.39, 0.29) is 19.1 Å². The lowest BCUT2D eigenvalue weighted by molar-refractivity contribution is -0.137. The van der Waals surface area contributed by atoms with Gasteiger partial charge in [-0.25, -0.2) is 0 Å². The van der Waals surface area contributed by atoms with Crippen LogP contribution in [0.2, 0.25) is 0 Å². The molecule has 0 spiro atoms. The van der Waals surface area contributed by atoms with Gasteiger partial charge in [0.2, 0.25) is 0 Å². The molecule has 0 aliphatic heterocycles. The van der Waals surface area contributed by atoms with Gasteiger partial charge in [0.15, 0.2) is 0 Å². The first-order chi connectivity index (χ1) is 9.65. The van der Waals surface area contributed by atoms with Gasteiger partial charge in [-0.15, -0.1) is 0 Å². The summed E-state index contributed by atoms with van der Waals surface area (Å²) in [5, 5.41) is 20.7. The number of hydrogen-bond donors (Lipinski definition) is 3. The van der Waals surface area contributed by atoms with Gasteiger partial charge in [-0.05, 0) is 30.5 Å². The number of hydrogen-bond acceptors (Lipinski definition) is 4. The zero-order valence-corrected chi connectivity index (χ0v) is 11.8. The highest BCUT2D eigenvalue weighted by Gasteiger charge is 2.13. The molecule has 1 atom stereocenters. The van der Waals surface area contributed by atoms with Crippen molar-refractivity contribution in [1.29, 1.82) is 0 Å². The molecule has 0 heterocycles. The van der Waals surface area contributed by atoms with E-state index in [1.807, 2.05) is 24.3 Å². The number of carboxylic acids is 1. The molecule has 20 heavy (non-hydrogen) atoms. The van der Waals surface area contributed by atoms with Crippen LogP contribution >= 0.6 is 0 Å². The fraction of sp³-hybridized carbons (Fsp3) is 0.533. The predicted molar refractivity (Wildman–Crippen MR) is 77.1 cm³/mol. The Kier molecular flexibility index (Phi) is 7.69. The molecule has 0 aromatic heterocycles. The van der Waals surface area contributed by atoms with Crippen molar-refractivity contribution in [3.05, 3.63) is 29.8 Å². The van der Waals surface area contributed by atoms with E-state index in [4.69, 9.17) is 14.9 Å². The van der Waals surface area contributed by atoms with Gasteiger partial charge < -0.3 is 20.3 Å². The fourth-order valence-electron chi connectivity index (χ4n) is 1.92. The molecule has 0 amide bonds. The number of aliphatic hydroxyl groups excluding tert-OH is 1. The molecule has 3 N–H and O–H groups in total. The van der Waals surface area contributed by atoms with E-state index in [2.05, 4.69) is 12.2 Å². The second-order valence-corrected chi connectivity index (χ2v) is 4.67. The summed E-state index contributed by atoms with van der Waals surface area (Å²) in [6.45, 7) is 3.15. The minimum Gasteiger partial charge on any atom is -0.494 e. The minimum absolute atomic E-state index is 0.0000847. The van der Waals surface area contributed by atoms with Gasteiger partial charge in [0, 0.05) is 12.6 Å². The maximum atomic E-state index is 10.8. The highest BCUT2D eigenvalue weighted by atomic mass is 16.5. The van der Waals surface area contributed by atoms with Crippen molar-refractivity contribution < 1.29 is 19.7 Å². The van der Waals surface area contributed by atoms with Crippen molar-refractivity contribution in [1.82, 2.24) is 5.32 Å². The van der Waals surface area contributed by atoms with Crippen molar-refractivity contribution >= 4 is 5.97 Å². The average molecular weight is 281 g/mol. The van der Waals surface area contributed by atoms with Crippen molar-refractivity contribution in [3.8, 4) is 5.75 Å². The minimum atomic E-state index is -0.844. The summed E-state index contributed by atoms with van der Waals surface area (Å²) in [6, 6.07) is 7.51.